The van der Waals surface area contributed by atoms with Gasteiger partial charge in [0.15, 0.2) is 14.6 Å². The molecule has 0 aliphatic rings. The number of rotatable bonds is 4. The minimum atomic E-state index is -3.50. The summed E-state index contributed by atoms with van der Waals surface area (Å²) in [5.74, 6) is -0.693. The SMILES string of the molecule is CC(C)(C)OC(=O)[C@@](C)(CCBr)S(C)(=O)=O. The molecule has 4 nitrogen and oxygen atoms in total. The number of carbonyl (C=O) groups excluding carboxylic acids is 1. The van der Waals surface area contributed by atoms with Crippen LogP contribution in [0.4, 0.5) is 0 Å². The highest BCUT2D eigenvalue weighted by Gasteiger charge is 2.45. The van der Waals surface area contributed by atoms with Crippen molar-refractivity contribution in [3.63, 3.8) is 0 Å². The van der Waals surface area contributed by atoms with E-state index in [0.717, 1.165) is 6.26 Å². The highest BCUT2D eigenvalue weighted by molar-refractivity contribution is 9.09. The van der Waals surface area contributed by atoms with Crippen molar-refractivity contribution >= 4 is 31.7 Å². The van der Waals surface area contributed by atoms with Gasteiger partial charge in [0, 0.05) is 11.6 Å². The average Bonchev–Trinajstić information content (AvgIpc) is 1.98. The fourth-order valence-electron chi connectivity index (χ4n) is 1.01. The number of esters is 1. The molecule has 0 bridgehead atoms. The normalized spacial score (nSPS) is 16.6. The van der Waals surface area contributed by atoms with Gasteiger partial charge in [0.2, 0.25) is 0 Å². The summed E-state index contributed by atoms with van der Waals surface area (Å²) in [5.41, 5.74) is -0.685. The van der Waals surface area contributed by atoms with Crippen LogP contribution >= 0.6 is 15.9 Å². The van der Waals surface area contributed by atoms with Gasteiger partial charge in [0.25, 0.3) is 0 Å². The molecule has 1 atom stereocenters. The summed E-state index contributed by atoms with van der Waals surface area (Å²) < 4.78 is 27.0. The Morgan fingerprint density at radius 2 is 1.69 bits per heavy atom. The number of hydrogen-bond acceptors (Lipinski definition) is 4. The van der Waals surface area contributed by atoms with Crippen LogP contribution in [0.5, 0.6) is 0 Å². The molecule has 0 aromatic heterocycles. The van der Waals surface area contributed by atoms with Gasteiger partial charge in [-0.25, -0.2) is 8.42 Å². The predicted molar refractivity (Wildman–Crippen MR) is 67.5 cm³/mol. The fourth-order valence-corrected chi connectivity index (χ4v) is 2.88. The van der Waals surface area contributed by atoms with Crippen molar-refractivity contribution in [2.45, 2.75) is 44.5 Å². The first-order valence-corrected chi connectivity index (χ1v) is 7.94. The first-order valence-electron chi connectivity index (χ1n) is 4.93. The van der Waals surface area contributed by atoms with Gasteiger partial charge >= 0.3 is 5.97 Å². The molecule has 0 aromatic rings. The van der Waals surface area contributed by atoms with Gasteiger partial charge in [0.05, 0.1) is 0 Å². The summed E-state index contributed by atoms with van der Waals surface area (Å²) in [4.78, 5) is 11.9. The summed E-state index contributed by atoms with van der Waals surface area (Å²) in [6.07, 6.45) is 1.25. The van der Waals surface area contributed by atoms with E-state index in [1.807, 2.05) is 0 Å². The number of ether oxygens (including phenoxy) is 1. The van der Waals surface area contributed by atoms with Crippen molar-refractivity contribution in [2.24, 2.45) is 0 Å². The van der Waals surface area contributed by atoms with Crippen molar-refractivity contribution in [1.82, 2.24) is 0 Å². The van der Waals surface area contributed by atoms with E-state index in [1.165, 1.54) is 6.92 Å². The van der Waals surface area contributed by atoms with E-state index in [1.54, 1.807) is 20.8 Å². The Kier molecular flexibility index (Phi) is 5.01. The lowest BCUT2D eigenvalue weighted by Crippen LogP contribution is -2.47. The first kappa shape index (κ1) is 15.9. The minimum absolute atomic E-state index is 0.195. The van der Waals surface area contributed by atoms with Crippen molar-refractivity contribution < 1.29 is 17.9 Å². The van der Waals surface area contributed by atoms with E-state index < -0.39 is 26.2 Å². The molecule has 0 N–H and O–H groups in total. The molecule has 0 heterocycles. The quantitative estimate of drug-likeness (QED) is 0.587. The Hall–Kier alpha value is -0.100. The second kappa shape index (κ2) is 5.04. The van der Waals surface area contributed by atoms with Crippen LogP contribution in [-0.4, -0.2) is 36.3 Å². The van der Waals surface area contributed by atoms with Crippen LogP contribution < -0.4 is 0 Å². The van der Waals surface area contributed by atoms with Gasteiger partial charge in [-0.05, 0) is 34.1 Å². The number of alkyl halides is 1. The summed E-state index contributed by atoms with van der Waals surface area (Å²) in [5, 5.41) is 0.426. The van der Waals surface area contributed by atoms with E-state index in [2.05, 4.69) is 15.9 Å². The van der Waals surface area contributed by atoms with Crippen LogP contribution in [0.2, 0.25) is 0 Å². The third kappa shape index (κ3) is 4.05. The number of sulfone groups is 1. The number of carbonyl (C=O) groups is 1. The van der Waals surface area contributed by atoms with Gasteiger partial charge in [-0.1, -0.05) is 15.9 Å². The van der Waals surface area contributed by atoms with Crippen LogP contribution in [0.25, 0.3) is 0 Å². The molecule has 0 aliphatic heterocycles. The van der Waals surface area contributed by atoms with Crippen LogP contribution in [0.3, 0.4) is 0 Å². The van der Waals surface area contributed by atoms with Gasteiger partial charge in [-0.2, -0.15) is 0 Å². The van der Waals surface area contributed by atoms with Gasteiger partial charge in [0.1, 0.15) is 5.60 Å². The van der Waals surface area contributed by atoms with E-state index in [-0.39, 0.29) is 6.42 Å². The Balaban J connectivity index is 5.16. The van der Waals surface area contributed by atoms with Crippen molar-refractivity contribution in [1.29, 1.82) is 0 Å². The maximum Gasteiger partial charge on any atom is 0.327 e. The van der Waals surface area contributed by atoms with Crippen molar-refractivity contribution in [2.75, 3.05) is 11.6 Å². The highest BCUT2D eigenvalue weighted by atomic mass is 79.9. The lowest BCUT2D eigenvalue weighted by molar-refractivity contribution is -0.157. The smallest absolute Gasteiger partial charge is 0.327 e. The van der Waals surface area contributed by atoms with Crippen LogP contribution in [-0.2, 0) is 19.4 Å². The van der Waals surface area contributed by atoms with Crippen LogP contribution in [0.15, 0.2) is 0 Å². The summed E-state index contributed by atoms with van der Waals surface area (Å²) in [7, 11) is -3.50. The van der Waals surface area contributed by atoms with E-state index >= 15 is 0 Å². The van der Waals surface area contributed by atoms with E-state index in [9.17, 15) is 13.2 Å². The van der Waals surface area contributed by atoms with Crippen molar-refractivity contribution in [3.05, 3.63) is 0 Å². The summed E-state index contributed by atoms with van der Waals surface area (Å²) in [6, 6.07) is 0. The van der Waals surface area contributed by atoms with Gasteiger partial charge < -0.3 is 4.74 Å². The maximum atomic E-state index is 11.9. The molecule has 0 unspecified atom stereocenters. The molecule has 0 rings (SSSR count). The first-order chi connectivity index (χ1) is 6.94. The Morgan fingerprint density at radius 3 is 1.94 bits per heavy atom. The van der Waals surface area contributed by atoms with E-state index in [0.29, 0.717) is 5.33 Å². The zero-order chi connectivity index (χ0) is 13.2. The highest BCUT2D eigenvalue weighted by Crippen LogP contribution is 2.26. The maximum absolute atomic E-state index is 11.9. The molecule has 0 saturated heterocycles. The van der Waals surface area contributed by atoms with Crippen LogP contribution in [0.1, 0.15) is 34.1 Å². The minimum Gasteiger partial charge on any atom is -0.459 e. The third-order valence-electron chi connectivity index (χ3n) is 2.22. The number of halogens is 1. The largest absolute Gasteiger partial charge is 0.459 e. The molecule has 6 heteroatoms. The Bertz CT molecular complexity index is 356. The van der Waals surface area contributed by atoms with Crippen LogP contribution in [0, 0.1) is 0 Å². The molecular weight excluding hydrogens is 296 g/mol. The zero-order valence-electron chi connectivity index (χ0n) is 10.3. The predicted octanol–water partition coefficient (Wildman–Crippen LogP) is 1.92. The summed E-state index contributed by atoms with van der Waals surface area (Å²) >= 11 is 3.15. The second-order valence-electron chi connectivity index (χ2n) is 4.94. The molecule has 0 aliphatic carbocycles. The molecule has 16 heavy (non-hydrogen) atoms. The molecule has 0 radical (unpaired) electrons. The Morgan fingerprint density at radius 1 is 1.25 bits per heavy atom. The number of hydrogen-bond donors (Lipinski definition) is 0. The van der Waals surface area contributed by atoms with Gasteiger partial charge in [-0.15, -0.1) is 0 Å². The molecule has 0 amide bonds. The molecule has 0 saturated carbocycles. The van der Waals surface area contributed by atoms with Crippen molar-refractivity contribution in [3.8, 4) is 0 Å². The molecule has 0 fully saturated rings. The molecular formula is C10H19BrO4S. The molecule has 0 spiro atoms. The molecule has 96 valence electrons. The third-order valence-corrected chi connectivity index (χ3v) is 4.62. The Labute approximate surface area is 106 Å². The molecule has 0 aromatic carbocycles. The second-order valence-corrected chi connectivity index (χ2v) is 8.18. The average molecular weight is 315 g/mol. The monoisotopic (exact) mass is 314 g/mol. The lowest BCUT2D eigenvalue weighted by Gasteiger charge is -2.29. The topological polar surface area (TPSA) is 60.4 Å². The lowest BCUT2D eigenvalue weighted by atomic mass is 10.1. The summed E-state index contributed by atoms with van der Waals surface area (Å²) in [6.45, 7) is 6.53. The zero-order valence-corrected chi connectivity index (χ0v) is 12.7. The van der Waals surface area contributed by atoms with E-state index in [4.69, 9.17) is 4.74 Å². The fraction of sp³-hybridized carbons (Fsp3) is 0.900. The van der Waals surface area contributed by atoms with Gasteiger partial charge in [-0.3, -0.25) is 4.79 Å². The standard InChI is InChI=1S/C10H19BrO4S/c1-9(2,3)15-8(12)10(4,6-7-11)16(5,13)14/h6-7H2,1-5H3/t10-/m1/s1.